The molecule has 0 radical (unpaired) electrons. The molecule has 1 heterocycles. The number of rotatable bonds is 5. The van der Waals surface area contributed by atoms with E-state index in [4.69, 9.17) is 9.47 Å². The van der Waals surface area contributed by atoms with Gasteiger partial charge in [0.15, 0.2) is 0 Å². The fourth-order valence-electron chi connectivity index (χ4n) is 2.52. The SMILES string of the molecule is CCOC(=O)CC1CCCCN1C(=O)CNC(=O)OC(C)(C)C. The second-order valence-corrected chi connectivity index (χ2v) is 6.60. The second kappa shape index (κ2) is 8.74. The fraction of sp³-hybridized carbons (Fsp3) is 0.812. The minimum atomic E-state index is -0.621. The highest BCUT2D eigenvalue weighted by Crippen LogP contribution is 2.20. The number of hydrogen-bond donors (Lipinski definition) is 1. The molecule has 0 aliphatic carbocycles. The zero-order valence-electron chi connectivity index (χ0n) is 14.5. The monoisotopic (exact) mass is 328 g/mol. The molecular formula is C16H28N2O5. The Morgan fingerprint density at radius 1 is 1.22 bits per heavy atom. The lowest BCUT2D eigenvalue weighted by atomic mass is 9.99. The maximum absolute atomic E-state index is 12.3. The predicted octanol–water partition coefficient (Wildman–Crippen LogP) is 1.85. The van der Waals surface area contributed by atoms with Gasteiger partial charge in [0.05, 0.1) is 13.0 Å². The Bertz CT molecular complexity index is 431. The van der Waals surface area contributed by atoms with Crippen molar-refractivity contribution >= 4 is 18.0 Å². The maximum Gasteiger partial charge on any atom is 0.408 e. The van der Waals surface area contributed by atoms with E-state index in [1.54, 1.807) is 32.6 Å². The lowest BCUT2D eigenvalue weighted by Gasteiger charge is -2.35. The Labute approximate surface area is 137 Å². The molecule has 0 spiro atoms. The normalized spacial score (nSPS) is 18.3. The van der Waals surface area contributed by atoms with Crippen LogP contribution >= 0.6 is 0 Å². The number of amides is 2. The number of likely N-dealkylation sites (tertiary alicyclic amines) is 1. The van der Waals surface area contributed by atoms with Crippen molar-refractivity contribution in [1.82, 2.24) is 10.2 Å². The fourth-order valence-corrected chi connectivity index (χ4v) is 2.52. The molecule has 1 fully saturated rings. The van der Waals surface area contributed by atoms with Gasteiger partial charge in [-0.05, 0) is 47.0 Å². The summed E-state index contributed by atoms with van der Waals surface area (Å²) in [5.74, 6) is -0.498. The molecule has 7 nitrogen and oxygen atoms in total. The first-order chi connectivity index (χ1) is 10.7. The molecule has 1 rings (SSSR count). The maximum atomic E-state index is 12.3. The minimum Gasteiger partial charge on any atom is -0.466 e. The first-order valence-electron chi connectivity index (χ1n) is 8.15. The Balaban J connectivity index is 2.51. The quantitative estimate of drug-likeness (QED) is 0.779. The molecule has 1 aliphatic heterocycles. The summed E-state index contributed by atoms with van der Waals surface area (Å²) in [7, 11) is 0. The number of ether oxygens (including phenoxy) is 2. The topological polar surface area (TPSA) is 84.9 Å². The molecule has 1 N–H and O–H groups in total. The molecule has 0 aromatic carbocycles. The van der Waals surface area contributed by atoms with Gasteiger partial charge in [-0.25, -0.2) is 4.79 Å². The minimum absolute atomic E-state index is 0.131. The van der Waals surface area contributed by atoms with Gasteiger partial charge in [-0.15, -0.1) is 0 Å². The van der Waals surface area contributed by atoms with Crippen LogP contribution in [0.3, 0.4) is 0 Å². The highest BCUT2D eigenvalue weighted by molar-refractivity contribution is 5.83. The Kier molecular flexibility index (Phi) is 7.32. The summed E-state index contributed by atoms with van der Waals surface area (Å²) in [5.41, 5.74) is -0.606. The number of esters is 1. The van der Waals surface area contributed by atoms with Gasteiger partial charge in [0.2, 0.25) is 5.91 Å². The predicted molar refractivity (Wildman–Crippen MR) is 84.8 cm³/mol. The van der Waals surface area contributed by atoms with Gasteiger partial charge in [0.1, 0.15) is 12.1 Å². The number of alkyl carbamates (subject to hydrolysis) is 1. The van der Waals surface area contributed by atoms with Crippen molar-refractivity contribution in [3.63, 3.8) is 0 Å². The van der Waals surface area contributed by atoms with Crippen molar-refractivity contribution in [3.05, 3.63) is 0 Å². The van der Waals surface area contributed by atoms with E-state index < -0.39 is 11.7 Å². The molecule has 2 amide bonds. The van der Waals surface area contributed by atoms with Gasteiger partial charge >= 0.3 is 12.1 Å². The van der Waals surface area contributed by atoms with Gasteiger partial charge in [-0.3, -0.25) is 9.59 Å². The highest BCUT2D eigenvalue weighted by atomic mass is 16.6. The van der Waals surface area contributed by atoms with Crippen LogP contribution in [0.5, 0.6) is 0 Å². The summed E-state index contributed by atoms with van der Waals surface area (Å²) >= 11 is 0. The Hall–Kier alpha value is -1.79. The van der Waals surface area contributed by atoms with E-state index in [1.165, 1.54) is 0 Å². The van der Waals surface area contributed by atoms with Gasteiger partial charge in [-0.2, -0.15) is 0 Å². The first kappa shape index (κ1) is 19.3. The zero-order chi connectivity index (χ0) is 17.5. The van der Waals surface area contributed by atoms with Crippen molar-refractivity contribution in [1.29, 1.82) is 0 Å². The summed E-state index contributed by atoms with van der Waals surface area (Å²) in [5, 5.41) is 2.47. The summed E-state index contributed by atoms with van der Waals surface area (Å²) in [4.78, 5) is 37.3. The number of carbonyl (C=O) groups is 3. The smallest absolute Gasteiger partial charge is 0.408 e. The van der Waals surface area contributed by atoms with Crippen LogP contribution in [0.1, 0.15) is 53.4 Å². The number of piperidine rings is 1. The van der Waals surface area contributed by atoms with Crippen LogP contribution in [0.25, 0.3) is 0 Å². The number of nitrogens with one attached hydrogen (secondary N) is 1. The van der Waals surface area contributed by atoms with Crippen molar-refractivity contribution in [2.45, 2.75) is 65.0 Å². The van der Waals surface area contributed by atoms with Crippen LogP contribution in [-0.2, 0) is 19.1 Å². The third kappa shape index (κ3) is 7.34. The summed E-state index contributed by atoms with van der Waals surface area (Å²) in [6, 6.07) is -0.157. The Morgan fingerprint density at radius 2 is 1.91 bits per heavy atom. The van der Waals surface area contributed by atoms with E-state index in [0.29, 0.717) is 13.2 Å². The molecule has 1 unspecified atom stereocenters. The van der Waals surface area contributed by atoms with E-state index in [9.17, 15) is 14.4 Å². The van der Waals surface area contributed by atoms with Crippen molar-refractivity contribution in [3.8, 4) is 0 Å². The van der Waals surface area contributed by atoms with Crippen LogP contribution in [0, 0.1) is 0 Å². The summed E-state index contributed by atoms with van der Waals surface area (Å²) in [6.07, 6.45) is 2.23. The molecule has 1 aliphatic rings. The molecule has 0 saturated carbocycles. The Morgan fingerprint density at radius 3 is 2.52 bits per heavy atom. The van der Waals surface area contributed by atoms with Crippen molar-refractivity contribution < 1.29 is 23.9 Å². The van der Waals surface area contributed by atoms with Crippen molar-refractivity contribution in [2.24, 2.45) is 0 Å². The largest absolute Gasteiger partial charge is 0.466 e. The van der Waals surface area contributed by atoms with E-state index in [1.807, 2.05) is 0 Å². The van der Waals surface area contributed by atoms with E-state index in [-0.39, 0.29) is 30.9 Å². The molecule has 0 aromatic rings. The van der Waals surface area contributed by atoms with Gasteiger partial charge in [0.25, 0.3) is 0 Å². The molecular weight excluding hydrogens is 300 g/mol. The first-order valence-corrected chi connectivity index (χ1v) is 8.15. The van der Waals surface area contributed by atoms with Gasteiger partial charge < -0.3 is 19.7 Å². The van der Waals surface area contributed by atoms with Crippen LogP contribution < -0.4 is 5.32 Å². The van der Waals surface area contributed by atoms with Gasteiger partial charge in [-0.1, -0.05) is 0 Å². The van der Waals surface area contributed by atoms with E-state index in [0.717, 1.165) is 19.3 Å². The number of nitrogens with zero attached hydrogens (tertiary/aromatic N) is 1. The van der Waals surface area contributed by atoms with E-state index >= 15 is 0 Å². The second-order valence-electron chi connectivity index (χ2n) is 6.60. The van der Waals surface area contributed by atoms with Gasteiger partial charge in [0, 0.05) is 12.6 Å². The molecule has 1 atom stereocenters. The summed E-state index contributed by atoms with van der Waals surface area (Å²) in [6.45, 7) is 7.83. The molecule has 0 bridgehead atoms. The molecule has 1 saturated heterocycles. The molecule has 23 heavy (non-hydrogen) atoms. The van der Waals surface area contributed by atoms with E-state index in [2.05, 4.69) is 5.32 Å². The lowest BCUT2D eigenvalue weighted by Crippen LogP contribution is -2.49. The van der Waals surface area contributed by atoms with Crippen molar-refractivity contribution in [2.75, 3.05) is 19.7 Å². The van der Waals surface area contributed by atoms with Crippen LogP contribution in [-0.4, -0.2) is 54.2 Å². The lowest BCUT2D eigenvalue weighted by molar-refractivity contribution is -0.146. The third-order valence-corrected chi connectivity index (χ3v) is 3.44. The average molecular weight is 328 g/mol. The van der Waals surface area contributed by atoms with Crippen LogP contribution in [0.2, 0.25) is 0 Å². The average Bonchev–Trinajstić information content (AvgIpc) is 2.44. The number of hydrogen-bond acceptors (Lipinski definition) is 5. The molecule has 132 valence electrons. The molecule has 0 aromatic heterocycles. The third-order valence-electron chi connectivity index (χ3n) is 3.44. The highest BCUT2D eigenvalue weighted by Gasteiger charge is 2.29. The molecule has 7 heteroatoms. The standard InChI is InChI=1S/C16H28N2O5/c1-5-22-14(20)10-12-8-6-7-9-18(12)13(19)11-17-15(21)23-16(2,3)4/h12H,5-11H2,1-4H3,(H,17,21). The van der Waals surface area contributed by atoms with Crippen LogP contribution in [0.15, 0.2) is 0 Å². The summed E-state index contributed by atoms with van der Waals surface area (Å²) < 4.78 is 10.1. The van der Waals surface area contributed by atoms with Crippen LogP contribution in [0.4, 0.5) is 4.79 Å². The number of carbonyl (C=O) groups excluding carboxylic acids is 3. The zero-order valence-corrected chi connectivity index (χ0v) is 14.5.